The third kappa shape index (κ3) is 4.69. The van der Waals surface area contributed by atoms with E-state index in [1.165, 1.54) is 39.0 Å². The second-order valence-corrected chi connectivity index (χ2v) is 9.10. The van der Waals surface area contributed by atoms with E-state index >= 15 is 0 Å². The van der Waals surface area contributed by atoms with Crippen molar-refractivity contribution in [2.75, 3.05) is 7.11 Å². The minimum absolute atomic E-state index is 0.0461. The van der Waals surface area contributed by atoms with Gasteiger partial charge in [-0.25, -0.2) is 4.79 Å². The molecule has 10 heteroatoms. The SMILES string of the molecule is COC(=O)C[C@H](c1ccc2c(c1)n(C)c(=O)n2C)c1c(O)cc(C)n(CCc2ccc(O)c(O)c2)c1=O. The number of imidazole rings is 1. The third-order valence-electron chi connectivity index (χ3n) is 6.83. The molecular formula is C27H29N3O7. The minimum Gasteiger partial charge on any atom is -0.507 e. The predicted molar refractivity (Wildman–Crippen MR) is 137 cm³/mol. The number of methoxy groups -OCH3 is 1. The number of aromatic hydroxyl groups is 3. The molecule has 2 aromatic carbocycles. The fraction of sp³-hybridized carbons (Fsp3) is 0.296. The molecule has 0 radical (unpaired) electrons. The van der Waals surface area contributed by atoms with Gasteiger partial charge in [0, 0.05) is 32.3 Å². The van der Waals surface area contributed by atoms with Crippen LogP contribution >= 0.6 is 0 Å². The van der Waals surface area contributed by atoms with Crippen LogP contribution in [0.25, 0.3) is 11.0 Å². The first-order chi connectivity index (χ1) is 17.5. The quantitative estimate of drug-likeness (QED) is 0.258. The minimum atomic E-state index is -0.829. The second-order valence-electron chi connectivity index (χ2n) is 9.10. The number of hydrogen-bond donors (Lipinski definition) is 3. The number of carbonyl (C=O) groups excluding carboxylic acids is 1. The molecule has 1 atom stereocenters. The molecule has 2 aromatic heterocycles. The van der Waals surface area contributed by atoms with Gasteiger partial charge in [0.1, 0.15) is 5.75 Å². The number of hydrogen-bond acceptors (Lipinski definition) is 7. The molecule has 0 spiro atoms. The molecular weight excluding hydrogens is 478 g/mol. The van der Waals surface area contributed by atoms with Crippen LogP contribution in [0.3, 0.4) is 0 Å². The van der Waals surface area contributed by atoms with Crippen LogP contribution in [-0.2, 0) is 36.6 Å². The van der Waals surface area contributed by atoms with Gasteiger partial charge >= 0.3 is 11.7 Å². The molecule has 0 aliphatic carbocycles. The molecule has 0 bridgehead atoms. The van der Waals surface area contributed by atoms with Crippen molar-refractivity contribution in [2.45, 2.75) is 32.2 Å². The van der Waals surface area contributed by atoms with Crippen LogP contribution in [0, 0.1) is 6.92 Å². The molecule has 0 aliphatic rings. The summed E-state index contributed by atoms with van der Waals surface area (Å²) in [6, 6.07) is 11.2. The topological polar surface area (TPSA) is 136 Å². The monoisotopic (exact) mass is 507 g/mol. The lowest BCUT2D eigenvalue weighted by atomic mass is 9.88. The molecule has 10 nitrogen and oxygen atoms in total. The van der Waals surface area contributed by atoms with Crippen LogP contribution in [0.1, 0.15) is 34.7 Å². The van der Waals surface area contributed by atoms with E-state index in [2.05, 4.69) is 0 Å². The van der Waals surface area contributed by atoms with E-state index < -0.39 is 17.4 Å². The van der Waals surface area contributed by atoms with Gasteiger partial charge in [0.15, 0.2) is 11.5 Å². The number of phenolic OH excluding ortho intramolecular Hbond substituents is 2. The zero-order valence-electron chi connectivity index (χ0n) is 21.1. The van der Waals surface area contributed by atoms with Crippen LogP contribution < -0.4 is 11.2 Å². The maximum atomic E-state index is 13.7. The molecule has 4 rings (SSSR count). The van der Waals surface area contributed by atoms with Gasteiger partial charge in [0.25, 0.3) is 5.56 Å². The first-order valence-corrected chi connectivity index (χ1v) is 11.7. The van der Waals surface area contributed by atoms with Crippen molar-refractivity contribution < 1.29 is 24.9 Å². The smallest absolute Gasteiger partial charge is 0.328 e. The van der Waals surface area contributed by atoms with E-state index in [0.717, 1.165) is 0 Å². The summed E-state index contributed by atoms with van der Waals surface area (Å²) < 4.78 is 9.37. The van der Waals surface area contributed by atoms with E-state index in [0.29, 0.717) is 34.3 Å². The summed E-state index contributed by atoms with van der Waals surface area (Å²) in [4.78, 5) is 38.5. The highest BCUT2D eigenvalue weighted by atomic mass is 16.5. The first kappa shape index (κ1) is 25.6. The molecule has 2 heterocycles. The number of esters is 1. The normalized spacial score (nSPS) is 12.1. The Hall–Kier alpha value is -4.47. The van der Waals surface area contributed by atoms with Gasteiger partial charge in [-0.1, -0.05) is 12.1 Å². The van der Waals surface area contributed by atoms with Crippen molar-refractivity contribution in [3.8, 4) is 17.2 Å². The highest BCUT2D eigenvalue weighted by Crippen LogP contribution is 2.34. The Balaban J connectivity index is 1.82. The van der Waals surface area contributed by atoms with Gasteiger partial charge in [-0.15, -0.1) is 0 Å². The van der Waals surface area contributed by atoms with Gasteiger partial charge in [0.05, 0.1) is 30.1 Å². The lowest BCUT2D eigenvalue weighted by Crippen LogP contribution is -2.29. The van der Waals surface area contributed by atoms with Crippen LogP contribution in [0.5, 0.6) is 17.2 Å². The number of fused-ring (bicyclic) bond motifs is 1. The lowest BCUT2D eigenvalue weighted by Gasteiger charge is -2.21. The van der Waals surface area contributed by atoms with Gasteiger partial charge in [-0.3, -0.25) is 18.7 Å². The molecule has 0 saturated heterocycles. The van der Waals surface area contributed by atoms with Crippen LogP contribution in [0.2, 0.25) is 0 Å². The Morgan fingerprint density at radius 3 is 2.30 bits per heavy atom. The van der Waals surface area contributed by atoms with Gasteiger partial charge in [0.2, 0.25) is 0 Å². The highest BCUT2D eigenvalue weighted by molar-refractivity contribution is 5.78. The summed E-state index contributed by atoms with van der Waals surface area (Å²) in [5.41, 5.74) is 2.49. The van der Waals surface area contributed by atoms with E-state index in [1.54, 1.807) is 45.3 Å². The molecule has 0 aliphatic heterocycles. The molecule has 3 N–H and O–H groups in total. The Bertz CT molecular complexity index is 1630. The summed E-state index contributed by atoms with van der Waals surface area (Å²) in [5, 5.41) is 30.2. The Morgan fingerprint density at radius 1 is 0.919 bits per heavy atom. The number of pyridine rings is 1. The second kappa shape index (κ2) is 9.88. The molecule has 194 valence electrons. The molecule has 37 heavy (non-hydrogen) atoms. The summed E-state index contributed by atoms with van der Waals surface area (Å²) >= 11 is 0. The predicted octanol–water partition coefficient (Wildman–Crippen LogP) is 2.40. The number of ether oxygens (including phenoxy) is 1. The molecule has 0 unspecified atom stereocenters. The van der Waals surface area contributed by atoms with Crippen LogP contribution in [0.4, 0.5) is 0 Å². The zero-order chi connectivity index (χ0) is 27.0. The number of rotatable bonds is 7. The number of benzene rings is 2. The fourth-order valence-electron chi connectivity index (χ4n) is 4.72. The molecule has 0 fully saturated rings. The Morgan fingerprint density at radius 2 is 1.62 bits per heavy atom. The number of phenols is 2. The lowest BCUT2D eigenvalue weighted by molar-refractivity contribution is -0.140. The van der Waals surface area contributed by atoms with Crippen molar-refractivity contribution in [1.82, 2.24) is 13.7 Å². The van der Waals surface area contributed by atoms with E-state index in [1.807, 2.05) is 0 Å². The number of aryl methyl sites for hydroxylation is 4. The summed E-state index contributed by atoms with van der Waals surface area (Å²) in [5.74, 6) is -2.11. The fourth-order valence-corrected chi connectivity index (χ4v) is 4.72. The van der Waals surface area contributed by atoms with Gasteiger partial charge < -0.3 is 24.6 Å². The molecule has 4 aromatic rings. The van der Waals surface area contributed by atoms with E-state index in [4.69, 9.17) is 4.74 Å². The van der Waals surface area contributed by atoms with Gasteiger partial charge in [-0.2, -0.15) is 0 Å². The largest absolute Gasteiger partial charge is 0.507 e. The van der Waals surface area contributed by atoms with Crippen molar-refractivity contribution in [2.24, 2.45) is 14.1 Å². The van der Waals surface area contributed by atoms with Crippen molar-refractivity contribution in [1.29, 1.82) is 0 Å². The summed E-state index contributed by atoms with van der Waals surface area (Å²) in [6.45, 7) is 1.93. The van der Waals surface area contributed by atoms with Gasteiger partial charge in [-0.05, 0) is 54.8 Å². The average molecular weight is 508 g/mol. The third-order valence-corrected chi connectivity index (χ3v) is 6.83. The van der Waals surface area contributed by atoms with Crippen molar-refractivity contribution in [3.63, 3.8) is 0 Å². The average Bonchev–Trinajstić information content (AvgIpc) is 3.08. The summed E-state index contributed by atoms with van der Waals surface area (Å²) in [6.07, 6.45) is 0.180. The van der Waals surface area contributed by atoms with Crippen molar-refractivity contribution in [3.05, 3.63) is 85.7 Å². The first-order valence-electron chi connectivity index (χ1n) is 11.7. The van der Waals surface area contributed by atoms with Crippen molar-refractivity contribution >= 4 is 17.0 Å². The zero-order valence-corrected chi connectivity index (χ0v) is 21.1. The number of carbonyl (C=O) groups is 1. The Labute approximate surface area is 212 Å². The molecule has 0 amide bonds. The highest BCUT2D eigenvalue weighted by Gasteiger charge is 2.27. The number of aromatic nitrogens is 3. The summed E-state index contributed by atoms with van der Waals surface area (Å²) in [7, 11) is 4.56. The maximum Gasteiger partial charge on any atom is 0.328 e. The Kier molecular flexibility index (Phi) is 6.84. The molecule has 0 saturated carbocycles. The standard InChI is InChI=1S/C27H29N3O7/c1-15-11-23(33)25(26(35)30(15)10-9-16-5-8-21(31)22(32)12-16)18(14-24(34)37-4)17-6-7-19-20(13-17)29(3)27(36)28(19)2/h5-8,11-13,18,31-33H,9-10,14H2,1-4H3/t18-/m1/s1. The van der Waals surface area contributed by atoms with E-state index in [-0.39, 0.29) is 41.5 Å². The number of nitrogens with zero attached hydrogens (tertiary/aromatic N) is 3. The van der Waals surface area contributed by atoms with E-state index in [9.17, 15) is 29.7 Å². The van der Waals surface area contributed by atoms with Crippen LogP contribution in [0.15, 0.2) is 52.1 Å². The van der Waals surface area contributed by atoms with Crippen LogP contribution in [-0.4, -0.2) is 42.1 Å². The maximum absolute atomic E-state index is 13.7.